The van der Waals surface area contributed by atoms with E-state index in [1.54, 1.807) is 0 Å². The Kier molecular flexibility index (Phi) is 6.84. The van der Waals surface area contributed by atoms with Gasteiger partial charge in [0.1, 0.15) is 29.4 Å². The minimum absolute atomic E-state index is 0.0594. The highest BCUT2D eigenvalue weighted by Crippen LogP contribution is 2.52. The van der Waals surface area contributed by atoms with Crippen LogP contribution in [-0.4, -0.2) is 81.6 Å². The number of nitrogens with two attached hydrogens (primary N) is 1. The number of carbonyl (C=O) groups is 3. The summed E-state index contributed by atoms with van der Waals surface area (Å²) in [6.07, 6.45) is -2.67. The molecule has 0 unspecified atom stereocenters. The van der Waals surface area contributed by atoms with Crippen LogP contribution in [0, 0.1) is 11.8 Å². The Morgan fingerprint density at radius 1 is 1.27 bits per heavy atom. The van der Waals surface area contributed by atoms with Crippen molar-refractivity contribution in [3.63, 3.8) is 0 Å². The quantitative estimate of drug-likeness (QED) is 0.166. The summed E-state index contributed by atoms with van der Waals surface area (Å²) < 4.78 is 24.7. The van der Waals surface area contributed by atoms with Gasteiger partial charge in [0.2, 0.25) is 5.78 Å². The number of amides is 1. The molecule has 0 aromatic heterocycles. The van der Waals surface area contributed by atoms with Crippen LogP contribution in [-0.2, 0) is 27.4 Å². The molecule has 1 amide bonds. The molecule has 0 bridgehead atoms. The van der Waals surface area contributed by atoms with E-state index >= 15 is 0 Å². The number of carbonyl (C=O) groups excluding carboxylic acids is 3. The average molecular weight is 523 g/mol. The molecule has 13 heteroatoms. The van der Waals surface area contributed by atoms with Crippen LogP contribution in [0.25, 0.3) is 0 Å². The van der Waals surface area contributed by atoms with Gasteiger partial charge < -0.3 is 26.2 Å². The van der Waals surface area contributed by atoms with Crippen LogP contribution in [0.2, 0.25) is 0 Å². The van der Waals surface area contributed by atoms with Crippen LogP contribution in [0.4, 0.5) is 8.78 Å². The van der Waals surface area contributed by atoms with Gasteiger partial charge in [0.15, 0.2) is 11.4 Å². The van der Waals surface area contributed by atoms with Crippen molar-refractivity contribution in [3.05, 3.63) is 51.5 Å². The lowest BCUT2D eigenvalue weighted by atomic mass is 9.58. The second-order valence-corrected chi connectivity index (χ2v) is 9.58. The van der Waals surface area contributed by atoms with Crippen LogP contribution in [0.15, 0.2) is 34.8 Å². The Balaban J connectivity index is 1.82. The second-order valence-electron chi connectivity index (χ2n) is 9.58. The van der Waals surface area contributed by atoms with Crippen molar-refractivity contribution in [1.29, 1.82) is 0 Å². The summed E-state index contributed by atoms with van der Waals surface area (Å²) in [7, 11) is 3.07. The number of aliphatic hydroxyl groups excluding tert-OH is 2. The summed E-state index contributed by atoms with van der Waals surface area (Å²) in [4.78, 5) is 45.0. The van der Waals surface area contributed by atoms with Gasteiger partial charge in [-0.3, -0.25) is 24.1 Å². The van der Waals surface area contributed by atoms with Gasteiger partial charge in [-0.1, -0.05) is 6.07 Å². The normalized spacial score (nSPS) is 27.5. The van der Waals surface area contributed by atoms with Crippen LogP contribution in [0.1, 0.15) is 27.9 Å². The first kappa shape index (κ1) is 26.7. The maximum absolute atomic E-state index is 13.6. The Morgan fingerprint density at radius 2 is 1.95 bits per heavy atom. The van der Waals surface area contributed by atoms with E-state index in [9.17, 15) is 43.6 Å². The summed E-state index contributed by atoms with van der Waals surface area (Å²) in [5.74, 6) is -7.38. The standard InChI is InChI=1S/C24H27F2N3O8/c1-29(2)18-12-6-10-5-11-9(7-28-37-8-14(25)26)3-4-13(30)16(11)19(31)15(10)21(33)24(12,36)22(34)17(20(18)32)23(27)35/h3-4,10,12,14,18,28,30,32-33,36H,5-8H2,1-2H3,(H2,27,35)/t10-,12-,18+,24-/m0/s1. The van der Waals surface area contributed by atoms with Crippen molar-refractivity contribution >= 4 is 17.5 Å². The number of benzene rings is 1. The number of primary amides is 1. The summed E-state index contributed by atoms with van der Waals surface area (Å²) in [6, 6.07) is 1.62. The third-order valence-corrected chi connectivity index (χ3v) is 7.28. The smallest absolute Gasteiger partial charge is 0.263 e. The van der Waals surface area contributed by atoms with Gasteiger partial charge in [-0.15, -0.1) is 0 Å². The topological polar surface area (TPSA) is 183 Å². The van der Waals surface area contributed by atoms with Crippen molar-refractivity contribution in [3.8, 4) is 5.75 Å². The van der Waals surface area contributed by atoms with E-state index in [1.807, 2.05) is 0 Å². The number of nitrogens with one attached hydrogen (secondary N) is 1. The number of hydroxylamine groups is 1. The largest absolute Gasteiger partial charge is 0.510 e. The van der Waals surface area contributed by atoms with E-state index in [1.165, 1.54) is 31.1 Å². The first-order chi connectivity index (χ1) is 17.3. The highest BCUT2D eigenvalue weighted by molar-refractivity contribution is 6.24. The van der Waals surface area contributed by atoms with Crippen molar-refractivity contribution in [2.45, 2.75) is 37.5 Å². The molecule has 3 aliphatic rings. The predicted molar refractivity (Wildman–Crippen MR) is 122 cm³/mol. The van der Waals surface area contributed by atoms with Gasteiger partial charge in [0, 0.05) is 18.0 Å². The summed E-state index contributed by atoms with van der Waals surface area (Å²) in [5, 5.41) is 44.0. The molecule has 0 saturated heterocycles. The summed E-state index contributed by atoms with van der Waals surface area (Å²) in [6.45, 7) is -0.925. The predicted octanol–water partition coefficient (Wildman–Crippen LogP) is 0.407. The fourth-order valence-corrected chi connectivity index (χ4v) is 5.73. The number of ketones is 2. The molecule has 0 aliphatic heterocycles. The van der Waals surface area contributed by atoms with Gasteiger partial charge in [0.05, 0.1) is 11.6 Å². The number of hydrogen-bond acceptors (Lipinski definition) is 10. The maximum atomic E-state index is 13.6. The van der Waals surface area contributed by atoms with Crippen molar-refractivity contribution in [2.24, 2.45) is 17.6 Å². The number of halogens is 2. The lowest BCUT2D eigenvalue weighted by Crippen LogP contribution is -2.63. The van der Waals surface area contributed by atoms with Crippen LogP contribution in [0.5, 0.6) is 5.75 Å². The molecule has 4 rings (SSSR count). The number of phenols is 1. The van der Waals surface area contributed by atoms with Crippen molar-refractivity contribution in [1.82, 2.24) is 10.4 Å². The molecule has 200 valence electrons. The first-order valence-electron chi connectivity index (χ1n) is 11.4. The Hall–Kier alpha value is -3.39. The number of likely N-dealkylation sites (N-methyl/N-ethyl adjacent to an activating group) is 1. The van der Waals surface area contributed by atoms with E-state index < -0.39 is 76.8 Å². The van der Waals surface area contributed by atoms with Crippen LogP contribution >= 0.6 is 0 Å². The Bertz CT molecular complexity index is 1240. The molecular weight excluding hydrogens is 496 g/mol. The third-order valence-electron chi connectivity index (χ3n) is 7.28. The van der Waals surface area contributed by atoms with E-state index in [2.05, 4.69) is 5.48 Å². The summed E-state index contributed by atoms with van der Waals surface area (Å²) in [5.41, 5.74) is 4.48. The number of allylic oxidation sites excluding steroid dienone is 1. The van der Waals surface area contributed by atoms with Crippen molar-refractivity contribution < 1.29 is 48.4 Å². The van der Waals surface area contributed by atoms with Gasteiger partial charge in [-0.2, -0.15) is 5.48 Å². The molecular formula is C24H27F2N3O8. The molecule has 0 spiro atoms. The molecule has 0 heterocycles. The molecule has 0 fully saturated rings. The third kappa shape index (κ3) is 4.07. The minimum Gasteiger partial charge on any atom is -0.510 e. The number of aromatic hydroxyl groups is 1. The molecule has 4 atom stereocenters. The fraction of sp³-hybridized carbons (Fsp3) is 0.458. The van der Waals surface area contributed by atoms with Crippen LogP contribution in [0.3, 0.4) is 0 Å². The molecule has 7 N–H and O–H groups in total. The van der Waals surface area contributed by atoms with Gasteiger partial charge in [-0.05, 0) is 50.0 Å². The number of aliphatic hydroxyl groups is 3. The molecule has 0 saturated carbocycles. The fourth-order valence-electron chi connectivity index (χ4n) is 5.73. The molecule has 11 nitrogen and oxygen atoms in total. The maximum Gasteiger partial charge on any atom is 0.263 e. The Morgan fingerprint density at radius 3 is 2.54 bits per heavy atom. The Labute approximate surface area is 209 Å². The molecule has 0 radical (unpaired) electrons. The summed E-state index contributed by atoms with van der Waals surface area (Å²) >= 11 is 0. The second kappa shape index (κ2) is 9.49. The first-order valence-corrected chi connectivity index (χ1v) is 11.4. The SMILES string of the molecule is CN(C)[C@H]1C(O)=C(C(N)=O)C(=O)[C@@]2(O)C(O)=C3C(=O)c4c(O)ccc(CNOCC(F)F)c4C[C@H]3C[C@@H]12. The van der Waals surface area contributed by atoms with Gasteiger partial charge >= 0.3 is 0 Å². The van der Waals surface area contributed by atoms with Gasteiger partial charge in [0.25, 0.3) is 12.3 Å². The van der Waals surface area contributed by atoms with Gasteiger partial charge in [-0.25, -0.2) is 8.78 Å². The zero-order valence-corrected chi connectivity index (χ0v) is 20.0. The number of alkyl halides is 2. The van der Waals surface area contributed by atoms with Crippen molar-refractivity contribution in [2.75, 3.05) is 20.7 Å². The molecule has 3 aliphatic carbocycles. The number of phenolic OH excluding ortho intramolecular Hbond substituents is 1. The lowest BCUT2D eigenvalue weighted by Gasteiger charge is -2.50. The number of fused-ring (bicyclic) bond motifs is 3. The molecule has 37 heavy (non-hydrogen) atoms. The number of Topliss-reactive ketones (excluding diaryl/α,β-unsaturated/α-hetero) is 2. The number of rotatable bonds is 7. The number of nitrogens with zero attached hydrogens (tertiary/aromatic N) is 1. The zero-order chi connectivity index (χ0) is 27.4. The highest BCUT2D eigenvalue weighted by atomic mass is 19.3. The van der Waals surface area contributed by atoms with E-state index in [-0.39, 0.29) is 30.5 Å². The lowest BCUT2D eigenvalue weighted by molar-refractivity contribution is -0.148. The highest BCUT2D eigenvalue weighted by Gasteiger charge is 2.63. The average Bonchev–Trinajstić information content (AvgIpc) is 2.79. The van der Waals surface area contributed by atoms with E-state index in [4.69, 9.17) is 10.6 Å². The van der Waals surface area contributed by atoms with E-state index in [0.29, 0.717) is 11.1 Å². The monoisotopic (exact) mass is 523 g/mol. The molecule has 1 aromatic carbocycles. The minimum atomic E-state index is -2.72. The number of hydrogen-bond donors (Lipinski definition) is 6. The van der Waals surface area contributed by atoms with Crippen LogP contribution < -0.4 is 11.2 Å². The van der Waals surface area contributed by atoms with E-state index in [0.717, 1.165) is 0 Å². The molecule has 1 aromatic rings. The zero-order valence-electron chi connectivity index (χ0n) is 20.0.